The van der Waals surface area contributed by atoms with Crippen LogP contribution >= 0.6 is 0 Å². The molecule has 0 aliphatic carbocycles. The molecule has 8 heteroatoms. The number of carbonyl (C=O) groups excluding carboxylic acids is 1. The number of primary sulfonamides is 1. The van der Waals surface area contributed by atoms with E-state index in [4.69, 9.17) is 5.14 Å². The van der Waals surface area contributed by atoms with E-state index in [2.05, 4.69) is 10.6 Å². The molecule has 0 radical (unpaired) electrons. The van der Waals surface area contributed by atoms with Gasteiger partial charge in [0.15, 0.2) is 0 Å². The third-order valence-electron chi connectivity index (χ3n) is 3.46. The minimum Gasteiger partial charge on any atom is -0.359 e. The van der Waals surface area contributed by atoms with E-state index in [-0.39, 0.29) is 10.8 Å². The molecule has 0 aromatic heterocycles. The molecule has 1 aromatic rings. The zero-order valence-electron chi connectivity index (χ0n) is 13.1. The summed E-state index contributed by atoms with van der Waals surface area (Å²) in [6, 6.07) is 3.14. The number of hydrogen-bond donors (Lipinski definition) is 3. The smallest absolute Gasteiger partial charge is 0.238 e. The van der Waals surface area contributed by atoms with E-state index in [0.717, 1.165) is 6.07 Å². The first kappa shape index (κ1) is 18.5. The van der Waals surface area contributed by atoms with Gasteiger partial charge in [-0.1, -0.05) is 6.07 Å². The molecular formula is C14H22FN3O3S. The summed E-state index contributed by atoms with van der Waals surface area (Å²) >= 11 is 0. The molecule has 124 valence electrons. The molecule has 22 heavy (non-hydrogen) atoms. The van der Waals surface area contributed by atoms with Gasteiger partial charge in [-0.05, 0) is 32.9 Å². The standard InChI is InChI=1S/C14H22FN3O3S/c1-9(18-8-14(2,3)13(19)17-4)11-6-5-10(7-12(11)15)22(16,20)21/h5-7,9,18H,8H2,1-4H3,(H,17,19)(H2,16,20,21). The summed E-state index contributed by atoms with van der Waals surface area (Å²) in [6.07, 6.45) is 0. The van der Waals surface area contributed by atoms with Crippen molar-refractivity contribution in [2.45, 2.75) is 31.7 Å². The summed E-state index contributed by atoms with van der Waals surface area (Å²) < 4.78 is 36.4. The first-order valence-corrected chi connectivity index (χ1v) is 8.31. The average Bonchev–Trinajstić information content (AvgIpc) is 2.42. The van der Waals surface area contributed by atoms with Gasteiger partial charge in [-0.3, -0.25) is 4.79 Å². The molecule has 1 atom stereocenters. The first-order chi connectivity index (χ1) is 9.99. The number of benzene rings is 1. The van der Waals surface area contributed by atoms with Crippen LogP contribution in [0.2, 0.25) is 0 Å². The van der Waals surface area contributed by atoms with Crippen molar-refractivity contribution in [3.63, 3.8) is 0 Å². The van der Waals surface area contributed by atoms with Gasteiger partial charge in [0.25, 0.3) is 0 Å². The minimum atomic E-state index is -3.93. The van der Waals surface area contributed by atoms with Crippen molar-refractivity contribution < 1.29 is 17.6 Å². The Labute approximate surface area is 130 Å². The highest BCUT2D eigenvalue weighted by Crippen LogP contribution is 2.22. The summed E-state index contributed by atoms with van der Waals surface area (Å²) in [7, 11) is -2.38. The van der Waals surface area contributed by atoms with Crippen molar-refractivity contribution >= 4 is 15.9 Å². The van der Waals surface area contributed by atoms with Crippen molar-refractivity contribution in [1.82, 2.24) is 10.6 Å². The van der Waals surface area contributed by atoms with Crippen molar-refractivity contribution in [3.05, 3.63) is 29.6 Å². The fourth-order valence-electron chi connectivity index (χ4n) is 1.97. The van der Waals surface area contributed by atoms with Crippen LogP contribution in [0.5, 0.6) is 0 Å². The van der Waals surface area contributed by atoms with Gasteiger partial charge < -0.3 is 10.6 Å². The highest BCUT2D eigenvalue weighted by Gasteiger charge is 2.27. The molecule has 1 amide bonds. The molecule has 1 rings (SSSR count). The van der Waals surface area contributed by atoms with E-state index in [9.17, 15) is 17.6 Å². The number of carbonyl (C=O) groups is 1. The van der Waals surface area contributed by atoms with Gasteiger partial charge in [0.2, 0.25) is 15.9 Å². The second-order valence-electron chi connectivity index (χ2n) is 5.79. The predicted molar refractivity (Wildman–Crippen MR) is 82.0 cm³/mol. The monoisotopic (exact) mass is 331 g/mol. The van der Waals surface area contributed by atoms with Crippen molar-refractivity contribution in [3.8, 4) is 0 Å². The van der Waals surface area contributed by atoms with Crippen molar-refractivity contribution in [2.75, 3.05) is 13.6 Å². The van der Waals surface area contributed by atoms with Crippen LogP contribution in [0.3, 0.4) is 0 Å². The molecule has 0 saturated carbocycles. The molecule has 6 nitrogen and oxygen atoms in total. The number of nitrogens with two attached hydrogens (primary N) is 1. The zero-order chi connectivity index (χ0) is 17.1. The predicted octanol–water partition coefficient (Wildman–Crippen LogP) is 0.896. The summed E-state index contributed by atoms with van der Waals surface area (Å²) in [5.74, 6) is -0.790. The van der Waals surface area contributed by atoms with E-state index in [0.29, 0.717) is 12.1 Å². The topological polar surface area (TPSA) is 101 Å². The van der Waals surface area contributed by atoms with Gasteiger partial charge in [-0.2, -0.15) is 0 Å². The van der Waals surface area contributed by atoms with Crippen molar-refractivity contribution in [1.29, 1.82) is 0 Å². The largest absolute Gasteiger partial charge is 0.359 e. The Morgan fingerprint density at radius 3 is 2.45 bits per heavy atom. The summed E-state index contributed by atoms with van der Waals surface area (Å²) in [6.45, 7) is 5.61. The van der Waals surface area contributed by atoms with Crippen molar-refractivity contribution in [2.24, 2.45) is 10.6 Å². The van der Waals surface area contributed by atoms with E-state index in [1.54, 1.807) is 27.8 Å². The van der Waals surface area contributed by atoms with Crippen LogP contribution in [-0.2, 0) is 14.8 Å². The molecule has 0 saturated heterocycles. The highest BCUT2D eigenvalue weighted by molar-refractivity contribution is 7.89. The molecule has 0 spiro atoms. The molecule has 1 aromatic carbocycles. The Morgan fingerprint density at radius 1 is 1.41 bits per heavy atom. The number of halogens is 1. The minimum absolute atomic E-state index is 0.128. The Bertz CT molecular complexity index is 659. The molecule has 0 aliphatic heterocycles. The van der Waals surface area contributed by atoms with Crippen LogP contribution in [0.25, 0.3) is 0 Å². The summed E-state index contributed by atoms with van der Waals surface area (Å²) in [5.41, 5.74) is -0.347. The number of rotatable bonds is 6. The molecular weight excluding hydrogens is 309 g/mol. The van der Waals surface area contributed by atoms with Crippen LogP contribution in [0.4, 0.5) is 4.39 Å². The van der Waals surface area contributed by atoms with E-state index >= 15 is 0 Å². The molecule has 0 fully saturated rings. The Kier molecular flexibility index (Phi) is 5.66. The number of nitrogens with one attached hydrogen (secondary N) is 2. The Morgan fingerprint density at radius 2 is 2.00 bits per heavy atom. The second-order valence-corrected chi connectivity index (χ2v) is 7.36. The molecule has 4 N–H and O–H groups in total. The Hall–Kier alpha value is -1.51. The lowest BCUT2D eigenvalue weighted by Crippen LogP contribution is -2.42. The summed E-state index contributed by atoms with van der Waals surface area (Å²) in [5, 5.41) is 10.6. The van der Waals surface area contributed by atoms with Gasteiger partial charge in [-0.25, -0.2) is 17.9 Å². The number of amides is 1. The lowest BCUT2D eigenvalue weighted by Gasteiger charge is -2.25. The van der Waals surface area contributed by atoms with Gasteiger partial charge in [0, 0.05) is 25.2 Å². The average molecular weight is 331 g/mol. The lowest BCUT2D eigenvalue weighted by molar-refractivity contribution is -0.128. The first-order valence-electron chi connectivity index (χ1n) is 6.77. The molecule has 0 heterocycles. The summed E-state index contributed by atoms with van der Waals surface area (Å²) in [4.78, 5) is 11.4. The van der Waals surface area contributed by atoms with E-state index in [1.807, 2.05) is 0 Å². The zero-order valence-corrected chi connectivity index (χ0v) is 13.9. The molecule has 0 bridgehead atoms. The van der Waals surface area contributed by atoms with Gasteiger partial charge in [-0.15, -0.1) is 0 Å². The SMILES string of the molecule is CNC(=O)C(C)(C)CNC(C)c1ccc(S(N)(=O)=O)cc1F. The van der Waals surface area contributed by atoms with E-state index in [1.165, 1.54) is 12.1 Å². The number of sulfonamides is 1. The van der Waals surface area contributed by atoms with Crippen LogP contribution in [-0.4, -0.2) is 27.9 Å². The Balaban J connectivity index is 2.87. The lowest BCUT2D eigenvalue weighted by atomic mass is 9.91. The van der Waals surface area contributed by atoms with E-state index < -0.39 is 27.3 Å². The fraction of sp³-hybridized carbons (Fsp3) is 0.500. The van der Waals surface area contributed by atoms with Crippen LogP contribution in [0.1, 0.15) is 32.4 Å². The third-order valence-corrected chi connectivity index (χ3v) is 4.37. The van der Waals surface area contributed by atoms with Gasteiger partial charge in [0.1, 0.15) is 5.82 Å². The third kappa shape index (κ3) is 4.49. The maximum absolute atomic E-state index is 14.0. The normalized spacial score (nSPS) is 13.7. The van der Waals surface area contributed by atoms with Gasteiger partial charge in [0.05, 0.1) is 10.3 Å². The van der Waals surface area contributed by atoms with Gasteiger partial charge >= 0.3 is 0 Å². The molecule has 0 aliphatic rings. The highest BCUT2D eigenvalue weighted by atomic mass is 32.2. The second kappa shape index (κ2) is 6.72. The maximum atomic E-state index is 14.0. The number of hydrogen-bond acceptors (Lipinski definition) is 4. The molecule has 1 unspecified atom stereocenters. The quantitative estimate of drug-likeness (QED) is 0.721. The van der Waals surface area contributed by atoms with Crippen LogP contribution in [0.15, 0.2) is 23.1 Å². The van der Waals surface area contributed by atoms with Crippen LogP contribution in [0, 0.1) is 11.2 Å². The fourth-order valence-corrected chi connectivity index (χ4v) is 2.50. The maximum Gasteiger partial charge on any atom is 0.238 e. The van der Waals surface area contributed by atoms with Crippen LogP contribution < -0.4 is 15.8 Å².